The third-order valence-corrected chi connectivity index (χ3v) is 5.79. The van der Waals surface area contributed by atoms with Gasteiger partial charge >= 0.3 is 0 Å². The standard InChI is InChI=1S/C24H24N4O3/c1-16-3-2-4-18(13-16)20-6-8-23(27-26-20)28-11-9-17(10-12-28)24(29)25-19-5-7-21-22(14-19)31-15-30-21/h2-8,13-14,17H,9-12,15H2,1H3,(H,25,29). The lowest BCUT2D eigenvalue weighted by molar-refractivity contribution is -0.120. The van der Waals surface area contributed by atoms with Crippen LogP contribution in [-0.2, 0) is 4.79 Å². The van der Waals surface area contributed by atoms with Crippen molar-refractivity contribution in [3.05, 3.63) is 60.2 Å². The number of anilines is 2. The zero-order chi connectivity index (χ0) is 21.2. The van der Waals surface area contributed by atoms with E-state index >= 15 is 0 Å². The molecule has 5 rings (SSSR count). The highest BCUT2D eigenvalue weighted by atomic mass is 16.7. The Morgan fingerprint density at radius 2 is 1.84 bits per heavy atom. The highest BCUT2D eigenvalue weighted by Gasteiger charge is 2.26. The topological polar surface area (TPSA) is 76.6 Å². The molecule has 1 fully saturated rings. The number of piperidine rings is 1. The van der Waals surface area contributed by atoms with Crippen molar-refractivity contribution < 1.29 is 14.3 Å². The number of aromatic nitrogens is 2. The fraction of sp³-hybridized carbons (Fsp3) is 0.292. The third-order valence-electron chi connectivity index (χ3n) is 5.79. The number of hydrogen-bond donors (Lipinski definition) is 1. The van der Waals surface area contributed by atoms with Crippen molar-refractivity contribution >= 4 is 17.4 Å². The van der Waals surface area contributed by atoms with Gasteiger partial charge in [0, 0.05) is 36.3 Å². The molecule has 1 aromatic heterocycles. The molecular formula is C24H24N4O3. The Morgan fingerprint density at radius 3 is 2.61 bits per heavy atom. The lowest BCUT2D eigenvalue weighted by Crippen LogP contribution is -2.38. The minimum Gasteiger partial charge on any atom is -0.454 e. The summed E-state index contributed by atoms with van der Waals surface area (Å²) in [4.78, 5) is 14.9. The first-order valence-electron chi connectivity index (χ1n) is 10.5. The summed E-state index contributed by atoms with van der Waals surface area (Å²) < 4.78 is 10.7. The summed E-state index contributed by atoms with van der Waals surface area (Å²) in [6.45, 7) is 3.84. The molecule has 2 aromatic carbocycles. The van der Waals surface area contributed by atoms with Crippen molar-refractivity contribution in [1.29, 1.82) is 0 Å². The number of aryl methyl sites for hydroxylation is 1. The van der Waals surface area contributed by atoms with Crippen LogP contribution in [0.1, 0.15) is 18.4 Å². The maximum absolute atomic E-state index is 12.7. The minimum absolute atomic E-state index is 0.0267. The lowest BCUT2D eigenvalue weighted by Gasteiger charge is -2.31. The number of nitrogens with zero attached hydrogens (tertiary/aromatic N) is 3. The zero-order valence-corrected chi connectivity index (χ0v) is 17.4. The van der Waals surface area contributed by atoms with Gasteiger partial charge in [-0.05, 0) is 50.1 Å². The molecule has 31 heavy (non-hydrogen) atoms. The van der Waals surface area contributed by atoms with Crippen LogP contribution in [-0.4, -0.2) is 36.0 Å². The molecule has 1 amide bonds. The van der Waals surface area contributed by atoms with E-state index in [0.29, 0.717) is 11.5 Å². The van der Waals surface area contributed by atoms with Gasteiger partial charge in [0.1, 0.15) is 0 Å². The van der Waals surface area contributed by atoms with Crippen LogP contribution < -0.4 is 19.7 Å². The van der Waals surface area contributed by atoms with Crippen LogP contribution in [0.15, 0.2) is 54.6 Å². The normalized spacial score (nSPS) is 15.7. The molecule has 2 aliphatic heterocycles. The van der Waals surface area contributed by atoms with Crippen LogP contribution >= 0.6 is 0 Å². The summed E-state index contributed by atoms with van der Waals surface area (Å²) in [6.07, 6.45) is 1.55. The molecule has 0 spiro atoms. The first kappa shape index (κ1) is 19.4. The van der Waals surface area contributed by atoms with Crippen LogP contribution in [0.4, 0.5) is 11.5 Å². The number of fused-ring (bicyclic) bond motifs is 1. The fourth-order valence-electron chi connectivity index (χ4n) is 4.04. The fourth-order valence-corrected chi connectivity index (χ4v) is 4.04. The van der Waals surface area contributed by atoms with Gasteiger partial charge in [0.2, 0.25) is 12.7 Å². The largest absolute Gasteiger partial charge is 0.454 e. The number of ether oxygens (including phenoxy) is 2. The number of hydrogen-bond acceptors (Lipinski definition) is 6. The number of carbonyl (C=O) groups excluding carboxylic acids is 1. The third kappa shape index (κ3) is 4.17. The zero-order valence-electron chi connectivity index (χ0n) is 17.4. The van der Waals surface area contributed by atoms with Crippen LogP contribution in [0, 0.1) is 12.8 Å². The highest BCUT2D eigenvalue weighted by Crippen LogP contribution is 2.34. The van der Waals surface area contributed by atoms with Crippen molar-refractivity contribution in [2.45, 2.75) is 19.8 Å². The van der Waals surface area contributed by atoms with Gasteiger partial charge in [0.25, 0.3) is 0 Å². The molecule has 0 atom stereocenters. The second kappa shape index (κ2) is 8.26. The summed E-state index contributed by atoms with van der Waals surface area (Å²) >= 11 is 0. The molecule has 0 unspecified atom stereocenters. The molecule has 3 heterocycles. The van der Waals surface area contributed by atoms with Crippen LogP contribution in [0.25, 0.3) is 11.3 Å². The second-order valence-electron chi connectivity index (χ2n) is 7.96. The molecule has 7 nitrogen and oxygen atoms in total. The van der Waals surface area contributed by atoms with Gasteiger partial charge in [-0.1, -0.05) is 23.8 Å². The van der Waals surface area contributed by atoms with Crippen molar-refractivity contribution in [1.82, 2.24) is 10.2 Å². The monoisotopic (exact) mass is 416 g/mol. The Labute approximate surface area is 181 Å². The van der Waals surface area contributed by atoms with Crippen LogP contribution in [0.3, 0.4) is 0 Å². The number of amides is 1. The number of rotatable bonds is 4. The molecule has 0 radical (unpaired) electrons. The van der Waals surface area contributed by atoms with Crippen molar-refractivity contribution in [3.8, 4) is 22.8 Å². The van der Waals surface area contributed by atoms with Gasteiger partial charge in [-0.2, -0.15) is 0 Å². The molecule has 0 aliphatic carbocycles. The predicted molar refractivity (Wildman–Crippen MR) is 118 cm³/mol. The Bertz CT molecular complexity index is 1090. The quantitative estimate of drug-likeness (QED) is 0.692. The van der Waals surface area contributed by atoms with Crippen molar-refractivity contribution in [2.75, 3.05) is 30.1 Å². The molecule has 1 N–H and O–H groups in total. The summed E-state index contributed by atoms with van der Waals surface area (Å²) in [5.41, 5.74) is 3.86. The van der Waals surface area contributed by atoms with Crippen LogP contribution in [0.5, 0.6) is 11.5 Å². The van der Waals surface area contributed by atoms with Gasteiger partial charge in [-0.3, -0.25) is 4.79 Å². The molecule has 0 saturated carbocycles. The first-order chi connectivity index (χ1) is 15.2. The van der Waals surface area contributed by atoms with E-state index < -0.39 is 0 Å². The summed E-state index contributed by atoms with van der Waals surface area (Å²) in [6, 6.07) is 17.7. The summed E-state index contributed by atoms with van der Waals surface area (Å²) in [7, 11) is 0. The Kier molecular flexibility index (Phi) is 5.16. The highest BCUT2D eigenvalue weighted by molar-refractivity contribution is 5.93. The van der Waals surface area contributed by atoms with Crippen molar-refractivity contribution in [3.63, 3.8) is 0 Å². The average molecular weight is 416 g/mol. The van der Waals surface area contributed by atoms with Gasteiger partial charge in [0.05, 0.1) is 5.69 Å². The summed E-state index contributed by atoms with van der Waals surface area (Å²) in [5.74, 6) is 2.24. The second-order valence-corrected chi connectivity index (χ2v) is 7.96. The predicted octanol–water partition coefficient (Wildman–Crippen LogP) is 4.04. The molecule has 0 bridgehead atoms. The molecule has 1 saturated heterocycles. The first-order valence-corrected chi connectivity index (χ1v) is 10.5. The van der Waals surface area contributed by atoms with Gasteiger partial charge < -0.3 is 19.7 Å². The van der Waals surface area contributed by atoms with E-state index in [1.807, 2.05) is 36.4 Å². The van der Waals surface area contributed by atoms with Crippen LogP contribution in [0.2, 0.25) is 0 Å². The molecule has 158 valence electrons. The van der Waals surface area contributed by atoms with Gasteiger partial charge in [-0.25, -0.2) is 0 Å². The van der Waals surface area contributed by atoms with E-state index in [0.717, 1.165) is 48.7 Å². The lowest BCUT2D eigenvalue weighted by atomic mass is 9.95. The van der Waals surface area contributed by atoms with E-state index in [1.165, 1.54) is 5.56 Å². The van der Waals surface area contributed by atoms with Gasteiger partial charge in [-0.15, -0.1) is 10.2 Å². The molecule has 7 heteroatoms. The number of carbonyl (C=O) groups is 1. The SMILES string of the molecule is Cc1cccc(-c2ccc(N3CCC(C(=O)Nc4ccc5c(c4)OCO5)CC3)nn2)c1. The van der Waals surface area contributed by atoms with E-state index in [9.17, 15) is 4.79 Å². The smallest absolute Gasteiger partial charge is 0.231 e. The Balaban J connectivity index is 1.18. The van der Waals surface area contributed by atoms with Gasteiger partial charge in [0.15, 0.2) is 17.3 Å². The number of nitrogens with one attached hydrogen (secondary N) is 1. The van der Waals surface area contributed by atoms with E-state index in [1.54, 1.807) is 6.07 Å². The Hall–Kier alpha value is -3.61. The molecule has 2 aliphatic rings. The van der Waals surface area contributed by atoms with E-state index in [4.69, 9.17) is 9.47 Å². The minimum atomic E-state index is -0.0267. The summed E-state index contributed by atoms with van der Waals surface area (Å²) in [5, 5.41) is 11.8. The molecule has 3 aromatic rings. The van der Waals surface area contributed by atoms with E-state index in [-0.39, 0.29) is 18.6 Å². The maximum Gasteiger partial charge on any atom is 0.231 e. The maximum atomic E-state index is 12.7. The average Bonchev–Trinajstić information content (AvgIpc) is 3.27. The van der Waals surface area contributed by atoms with E-state index in [2.05, 4.69) is 39.5 Å². The Morgan fingerprint density at radius 1 is 1.00 bits per heavy atom. The number of benzene rings is 2. The van der Waals surface area contributed by atoms with Crippen molar-refractivity contribution in [2.24, 2.45) is 5.92 Å². The molecular weight excluding hydrogens is 392 g/mol.